The summed E-state index contributed by atoms with van der Waals surface area (Å²) in [5.74, 6) is -0.319. The van der Waals surface area contributed by atoms with E-state index in [1.165, 1.54) is 7.11 Å². The summed E-state index contributed by atoms with van der Waals surface area (Å²) in [4.78, 5) is 33.3. The largest absolute Gasteiger partial charge is 0.492 e. The van der Waals surface area contributed by atoms with Gasteiger partial charge in [-0.15, -0.1) is 0 Å². The number of rotatable bonds is 2. The van der Waals surface area contributed by atoms with E-state index in [1.807, 2.05) is 11.9 Å². The summed E-state index contributed by atoms with van der Waals surface area (Å²) in [6, 6.07) is -1.31. The number of hydrogen-bond donors (Lipinski definition) is 2. The van der Waals surface area contributed by atoms with Gasteiger partial charge in [-0.2, -0.15) is 0 Å². The molecular formula is C21H27N3O6. The molecule has 1 aliphatic carbocycles. The molecule has 3 unspecified atom stereocenters. The molecule has 5 heterocycles. The molecule has 5 aliphatic heterocycles. The van der Waals surface area contributed by atoms with Gasteiger partial charge in [-0.05, 0) is 20.4 Å². The van der Waals surface area contributed by atoms with E-state index >= 15 is 0 Å². The van der Waals surface area contributed by atoms with Gasteiger partial charge in [0.1, 0.15) is 12.5 Å². The summed E-state index contributed by atoms with van der Waals surface area (Å²) in [5, 5.41) is 21.7. The Labute approximate surface area is 174 Å². The molecule has 4 fully saturated rings. The second-order valence-electron chi connectivity index (χ2n) is 9.26. The number of aliphatic hydroxyl groups is 2. The normalized spacial score (nSPS) is 45.9. The van der Waals surface area contributed by atoms with Crippen LogP contribution in [-0.4, -0.2) is 113 Å². The lowest BCUT2D eigenvalue weighted by atomic mass is 9.69. The number of nitrogens with zero attached hydrogens (tertiary/aromatic N) is 3. The molecule has 2 bridgehead atoms. The molecule has 2 N–H and O–H groups in total. The third kappa shape index (κ3) is 1.99. The van der Waals surface area contributed by atoms with Gasteiger partial charge in [0.15, 0.2) is 11.5 Å². The average molecular weight is 417 g/mol. The number of Topliss-reactive ketones (excluding diaryl/α,β-unsaturated/α-hetero) is 2. The van der Waals surface area contributed by atoms with Crippen LogP contribution < -0.4 is 0 Å². The Morgan fingerprint density at radius 1 is 1.20 bits per heavy atom. The van der Waals surface area contributed by atoms with E-state index in [-0.39, 0.29) is 65.8 Å². The van der Waals surface area contributed by atoms with Crippen molar-refractivity contribution in [1.29, 1.82) is 0 Å². The lowest BCUT2D eigenvalue weighted by molar-refractivity contribution is -0.187. The van der Waals surface area contributed by atoms with Crippen LogP contribution in [0, 0.1) is 5.92 Å². The Hall–Kier alpha value is -1.62. The quantitative estimate of drug-likeness (QED) is 0.518. The van der Waals surface area contributed by atoms with Crippen LogP contribution in [0.4, 0.5) is 0 Å². The van der Waals surface area contributed by atoms with Gasteiger partial charge >= 0.3 is 0 Å². The Balaban J connectivity index is 1.61. The number of ketones is 2. The van der Waals surface area contributed by atoms with Crippen molar-refractivity contribution in [2.24, 2.45) is 5.92 Å². The molecule has 30 heavy (non-hydrogen) atoms. The molecule has 9 heteroatoms. The summed E-state index contributed by atoms with van der Waals surface area (Å²) >= 11 is 0. The molecule has 0 radical (unpaired) electrons. The summed E-state index contributed by atoms with van der Waals surface area (Å²) < 4.78 is 11.4. The minimum atomic E-state index is -0.837. The third-order valence-electron chi connectivity index (χ3n) is 8.33. The molecule has 0 amide bonds. The van der Waals surface area contributed by atoms with Crippen molar-refractivity contribution in [2.45, 2.75) is 56.0 Å². The highest BCUT2D eigenvalue weighted by atomic mass is 16.5. The molecule has 0 aromatic heterocycles. The minimum Gasteiger partial charge on any atom is -0.492 e. The zero-order valence-corrected chi connectivity index (χ0v) is 17.3. The van der Waals surface area contributed by atoms with Crippen LogP contribution in [0.25, 0.3) is 0 Å². The molecule has 4 saturated heterocycles. The smallest absolute Gasteiger partial charge is 0.226 e. The zero-order chi connectivity index (χ0) is 21.1. The van der Waals surface area contributed by atoms with E-state index in [9.17, 15) is 19.8 Å². The van der Waals surface area contributed by atoms with Crippen molar-refractivity contribution >= 4 is 11.6 Å². The number of likely N-dealkylation sites (N-methyl/N-ethyl adjacent to an activating group) is 1. The van der Waals surface area contributed by atoms with Crippen LogP contribution in [0.5, 0.6) is 0 Å². The molecule has 0 aromatic rings. The first-order valence-corrected chi connectivity index (χ1v) is 10.7. The standard InChI is InChI=1S/C21H27N3O6/c1-8-17(26)13-12(18(27)19(8)29-3)11(7-25)24-16-14-9(6-10(20(24)28)22(14)2)21-23(15(13)16)4-5-30-21/h9-11,14-16,20-21,25,28H,4-7H2,1-3H3/t9?,10?,11?,14-,15-,16-,20+,21-/m1/s1. The third-order valence-corrected chi connectivity index (χ3v) is 8.33. The number of ether oxygens (including phenoxy) is 2. The first-order chi connectivity index (χ1) is 14.4. The van der Waals surface area contributed by atoms with Crippen LogP contribution in [0.2, 0.25) is 0 Å². The first-order valence-electron chi connectivity index (χ1n) is 10.7. The lowest BCUT2D eigenvalue weighted by Crippen LogP contribution is -2.78. The maximum absolute atomic E-state index is 13.6. The van der Waals surface area contributed by atoms with Crippen molar-refractivity contribution in [3.8, 4) is 0 Å². The molecule has 0 saturated carbocycles. The molecular weight excluding hydrogens is 390 g/mol. The Morgan fingerprint density at radius 2 is 1.97 bits per heavy atom. The van der Waals surface area contributed by atoms with Gasteiger partial charge in [0.05, 0.1) is 32.4 Å². The number of hydrogen-bond acceptors (Lipinski definition) is 9. The molecule has 6 aliphatic rings. The summed E-state index contributed by atoms with van der Waals surface area (Å²) in [6.45, 7) is 2.54. The number of carbonyl (C=O) groups excluding carboxylic acids is 2. The maximum Gasteiger partial charge on any atom is 0.226 e. The number of aliphatic hydroxyl groups excluding tert-OH is 2. The van der Waals surface area contributed by atoms with Crippen LogP contribution in [0.3, 0.4) is 0 Å². The molecule has 6 rings (SSSR count). The monoisotopic (exact) mass is 417 g/mol. The Bertz CT molecular complexity index is 914. The first kappa shape index (κ1) is 19.1. The van der Waals surface area contributed by atoms with E-state index in [4.69, 9.17) is 9.47 Å². The fourth-order valence-electron chi connectivity index (χ4n) is 7.26. The number of piperidine rings is 1. The maximum atomic E-state index is 13.6. The van der Waals surface area contributed by atoms with Gasteiger partial charge in [-0.25, -0.2) is 0 Å². The van der Waals surface area contributed by atoms with Gasteiger partial charge in [0, 0.05) is 47.3 Å². The van der Waals surface area contributed by atoms with Crippen molar-refractivity contribution in [1.82, 2.24) is 14.7 Å². The van der Waals surface area contributed by atoms with Gasteiger partial charge in [0.25, 0.3) is 0 Å². The fourth-order valence-corrected chi connectivity index (χ4v) is 7.26. The number of piperazine rings is 1. The fraction of sp³-hybridized carbons (Fsp3) is 0.714. The average Bonchev–Trinajstić information content (AvgIpc) is 3.32. The number of fused-ring (bicyclic) bond motifs is 5. The zero-order valence-electron chi connectivity index (χ0n) is 17.3. The lowest BCUT2D eigenvalue weighted by Gasteiger charge is -2.61. The number of carbonyl (C=O) groups is 2. The predicted molar refractivity (Wildman–Crippen MR) is 103 cm³/mol. The summed E-state index contributed by atoms with van der Waals surface area (Å²) in [7, 11) is 3.41. The van der Waals surface area contributed by atoms with Crippen LogP contribution in [-0.2, 0) is 19.1 Å². The second-order valence-corrected chi connectivity index (χ2v) is 9.26. The minimum absolute atomic E-state index is 0.0325. The van der Waals surface area contributed by atoms with E-state index in [1.54, 1.807) is 6.92 Å². The van der Waals surface area contributed by atoms with Crippen LogP contribution >= 0.6 is 0 Å². The summed E-state index contributed by atoms with van der Waals surface area (Å²) in [5.41, 5.74) is 1.04. The second kappa shape index (κ2) is 6.21. The Kier molecular flexibility index (Phi) is 3.95. The van der Waals surface area contributed by atoms with E-state index in [2.05, 4.69) is 9.80 Å². The van der Waals surface area contributed by atoms with E-state index < -0.39 is 12.3 Å². The van der Waals surface area contributed by atoms with Gasteiger partial charge in [-0.3, -0.25) is 24.3 Å². The predicted octanol–water partition coefficient (Wildman–Crippen LogP) is -1.54. The van der Waals surface area contributed by atoms with Gasteiger partial charge in [0.2, 0.25) is 5.78 Å². The van der Waals surface area contributed by atoms with E-state index in [0.29, 0.717) is 24.3 Å². The van der Waals surface area contributed by atoms with Crippen molar-refractivity contribution in [2.75, 3.05) is 33.9 Å². The highest BCUT2D eigenvalue weighted by molar-refractivity contribution is 6.25. The highest BCUT2D eigenvalue weighted by Crippen LogP contribution is 2.54. The Morgan fingerprint density at radius 3 is 2.67 bits per heavy atom. The highest BCUT2D eigenvalue weighted by Gasteiger charge is 2.68. The van der Waals surface area contributed by atoms with Crippen molar-refractivity contribution in [3.63, 3.8) is 0 Å². The molecule has 9 nitrogen and oxygen atoms in total. The van der Waals surface area contributed by atoms with Gasteiger partial charge < -0.3 is 19.7 Å². The molecule has 8 atom stereocenters. The topological polar surface area (TPSA) is 103 Å². The van der Waals surface area contributed by atoms with Crippen LogP contribution in [0.15, 0.2) is 22.5 Å². The number of methoxy groups -OCH3 is 1. The molecule has 162 valence electrons. The van der Waals surface area contributed by atoms with Crippen LogP contribution in [0.1, 0.15) is 13.3 Å². The van der Waals surface area contributed by atoms with Crippen molar-refractivity contribution < 1.29 is 29.3 Å². The van der Waals surface area contributed by atoms with Crippen molar-refractivity contribution in [3.05, 3.63) is 22.5 Å². The summed E-state index contributed by atoms with van der Waals surface area (Å²) in [6.07, 6.45) is -0.184. The van der Waals surface area contributed by atoms with E-state index in [0.717, 1.165) is 6.42 Å². The molecule has 0 spiro atoms. The molecule has 0 aromatic carbocycles. The number of allylic oxidation sites excluding steroid dienone is 2. The van der Waals surface area contributed by atoms with Gasteiger partial charge in [-0.1, -0.05) is 0 Å². The SMILES string of the molecule is COC1=C(C)C(=O)C2=C(C1=O)C(CO)N1[C@@H]3[C@H]4C(CC([C@@H]1O)N4C)[C@H]1OCCN1[C@H]23.